The van der Waals surface area contributed by atoms with Crippen molar-refractivity contribution in [1.82, 2.24) is 4.90 Å². The van der Waals surface area contributed by atoms with E-state index in [0.717, 1.165) is 24.0 Å². The molecular weight excluding hydrogens is 508 g/mol. The lowest BCUT2D eigenvalue weighted by molar-refractivity contribution is 0.0202. The Balaban J connectivity index is 1.97. The van der Waals surface area contributed by atoms with E-state index in [1.165, 1.54) is 9.13 Å². The van der Waals surface area contributed by atoms with Crippen LogP contribution in [0.1, 0.15) is 62.3 Å². The highest BCUT2D eigenvalue weighted by Gasteiger charge is 2.34. The summed E-state index contributed by atoms with van der Waals surface area (Å²) in [4.78, 5) is 14.4. The van der Waals surface area contributed by atoms with E-state index in [2.05, 4.69) is 40.8 Å². The van der Waals surface area contributed by atoms with Gasteiger partial charge < -0.3 is 9.64 Å². The van der Waals surface area contributed by atoms with Crippen molar-refractivity contribution in [3.8, 4) is 0 Å². The third-order valence-electron chi connectivity index (χ3n) is 5.01. The van der Waals surface area contributed by atoms with Gasteiger partial charge in [0.1, 0.15) is 5.60 Å². The van der Waals surface area contributed by atoms with Crippen molar-refractivity contribution in [1.29, 1.82) is 0 Å². The normalized spacial score (nSPS) is 19.1. The molecule has 28 heavy (non-hydrogen) atoms. The van der Waals surface area contributed by atoms with E-state index in [0.29, 0.717) is 10.0 Å². The maximum Gasteiger partial charge on any atom is 0.410 e. The second-order valence-electron chi connectivity index (χ2n) is 8.18. The third kappa shape index (κ3) is 4.77. The fraction of sp³-hybridized carbons (Fsp3) is 0.409. The van der Waals surface area contributed by atoms with Crippen LogP contribution in [0.25, 0.3) is 0 Å². The summed E-state index contributed by atoms with van der Waals surface area (Å²) in [6.07, 6.45) is 1.48. The van der Waals surface area contributed by atoms with Crippen molar-refractivity contribution < 1.29 is 9.53 Å². The van der Waals surface area contributed by atoms with Crippen molar-refractivity contribution >= 4 is 51.9 Å². The van der Waals surface area contributed by atoms with Crippen LogP contribution in [-0.4, -0.2) is 23.6 Å². The SMILES string of the molecule is CN(C(=O)OC(C)(C)C)[C@H]1CCC(c2ccc(Cl)c(Cl)c2)c2cc(I)ccc21. The van der Waals surface area contributed by atoms with Crippen LogP contribution in [0.4, 0.5) is 4.79 Å². The van der Waals surface area contributed by atoms with Gasteiger partial charge in [0.05, 0.1) is 16.1 Å². The van der Waals surface area contributed by atoms with Crippen LogP contribution in [0.15, 0.2) is 36.4 Å². The van der Waals surface area contributed by atoms with E-state index >= 15 is 0 Å². The summed E-state index contributed by atoms with van der Waals surface area (Å²) in [5, 5.41) is 1.13. The molecule has 0 aliphatic heterocycles. The monoisotopic (exact) mass is 531 g/mol. The summed E-state index contributed by atoms with van der Waals surface area (Å²) in [6.45, 7) is 5.66. The van der Waals surface area contributed by atoms with Gasteiger partial charge in [-0.2, -0.15) is 0 Å². The Morgan fingerprint density at radius 1 is 1.07 bits per heavy atom. The first-order valence-electron chi connectivity index (χ1n) is 9.27. The van der Waals surface area contributed by atoms with Gasteiger partial charge in [0.25, 0.3) is 0 Å². The second-order valence-corrected chi connectivity index (χ2v) is 10.2. The summed E-state index contributed by atoms with van der Waals surface area (Å²) in [5.41, 5.74) is 3.03. The Morgan fingerprint density at radius 3 is 2.43 bits per heavy atom. The Labute approximate surface area is 190 Å². The molecule has 2 aromatic rings. The molecule has 0 fully saturated rings. The van der Waals surface area contributed by atoms with Gasteiger partial charge in [-0.15, -0.1) is 0 Å². The number of benzene rings is 2. The van der Waals surface area contributed by atoms with Crippen LogP contribution in [0.2, 0.25) is 10.0 Å². The van der Waals surface area contributed by atoms with Crippen LogP contribution in [0, 0.1) is 3.57 Å². The van der Waals surface area contributed by atoms with Gasteiger partial charge in [-0.1, -0.05) is 35.3 Å². The summed E-state index contributed by atoms with van der Waals surface area (Å²) in [7, 11) is 1.82. The average Bonchev–Trinajstić information content (AvgIpc) is 2.61. The Kier molecular flexibility index (Phi) is 6.52. The summed E-state index contributed by atoms with van der Waals surface area (Å²) in [6, 6.07) is 12.3. The summed E-state index contributed by atoms with van der Waals surface area (Å²) < 4.78 is 6.75. The van der Waals surface area contributed by atoms with Gasteiger partial charge in [-0.3, -0.25) is 0 Å². The van der Waals surface area contributed by atoms with Crippen LogP contribution in [-0.2, 0) is 4.74 Å². The first-order valence-corrected chi connectivity index (χ1v) is 11.1. The molecule has 0 N–H and O–H groups in total. The topological polar surface area (TPSA) is 29.5 Å². The van der Waals surface area contributed by atoms with E-state index in [1.54, 1.807) is 4.90 Å². The first-order chi connectivity index (χ1) is 13.1. The molecule has 3 rings (SSSR count). The molecule has 0 spiro atoms. The zero-order valence-corrected chi connectivity index (χ0v) is 20.1. The number of ether oxygens (including phenoxy) is 1. The Bertz CT molecular complexity index is 895. The highest BCUT2D eigenvalue weighted by atomic mass is 127. The van der Waals surface area contributed by atoms with Gasteiger partial charge in [0.15, 0.2) is 0 Å². The highest BCUT2D eigenvalue weighted by molar-refractivity contribution is 14.1. The molecule has 1 unspecified atom stereocenters. The van der Waals surface area contributed by atoms with Gasteiger partial charge in [0, 0.05) is 16.5 Å². The van der Waals surface area contributed by atoms with Crippen molar-refractivity contribution in [2.75, 3.05) is 7.05 Å². The fourth-order valence-corrected chi connectivity index (χ4v) is 4.55. The van der Waals surface area contributed by atoms with Crippen molar-refractivity contribution in [3.05, 3.63) is 66.7 Å². The van der Waals surface area contributed by atoms with E-state index in [9.17, 15) is 4.79 Å². The molecule has 150 valence electrons. The predicted molar refractivity (Wildman–Crippen MR) is 123 cm³/mol. The number of halogens is 3. The molecule has 1 amide bonds. The van der Waals surface area contributed by atoms with Crippen LogP contribution < -0.4 is 0 Å². The van der Waals surface area contributed by atoms with E-state index in [1.807, 2.05) is 46.0 Å². The van der Waals surface area contributed by atoms with Gasteiger partial charge in [0.2, 0.25) is 0 Å². The van der Waals surface area contributed by atoms with Crippen molar-refractivity contribution in [2.45, 2.75) is 51.2 Å². The number of amides is 1. The molecule has 0 radical (unpaired) electrons. The Morgan fingerprint density at radius 2 is 1.79 bits per heavy atom. The lowest BCUT2D eigenvalue weighted by Gasteiger charge is -2.37. The van der Waals surface area contributed by atoms with Crippen molar-refractivity contribution in [3.63, 3.8) is 0 Å². The lowest BCUT2D eigenvalue weighted by atomic mass is 9.76. The van der Waals surface area contributed by atoms with E-state index in [4.69, 9.17) is 27.9 Å². The highest BCUT2D eigenvalue weighted by Crippen LogP contribution is 2.45. The maximum absolute atomic E-state index is 12.6. The largest absolute Gasteiger partial charge is 0.444 e. The molecule has 1 aliphatic rings. The minimum absolute atomic E-state index is 0.0131. The number of fused-ring (bicyclic) bond motifs is 1. The van der Waals surface area contributed by atoms with Gasteiger partial charge in [-0.25, -0.2) is 4.79 Å². The zero-order chi connectivity index (χ0) is 20.6. The molecule has 0 saturated carbocycles. The fourth-order valence-electron chi connectivity index (χ4n) is 3.73. The molecule has 0 bridgehead atoms. The quantitative estimate of drug-likeness (QED) is 0.377. The molecule has 2 aromatic carbocycles. The predicted octanol–water partition coefficient (Wildman–Crippen LogP) is 7.43. The van der Waals surface area contributed by atoms with E-state index in [-0.39, 0.29) is 18.1 Å². The third-order valence-corrected chi connectivity index (χ3v) is 6.42. The summed E-state index contributed by atoms with van der Waals surface area (Å²) >= 11 is 14.7. The van der Waals surface area contributed by atoms with E-state index < -0.39 is 5.60 Å². The number of carbonyl (C=O) groups excluding carboxylic acids is 1. The van der Waals surface area contributed by atoms with Crippen LogP contribution in [0.5, 0.6) is 0 Å². The van der Waals surface area contributed by atoms with Gasteiger partial charge in [-0.05, 0) is 97.2 Å². The number of nitrogens with zero attached hydrogens (tertiary/aromatic N) is 1. The minimum atomic E-state index is -0.516. The summed E-state index contributed by atoms with van der Waals surface area (Å²) in [5.74, 6) is 0.225. The maximum atomic E-state index is 12.6. The second kappa shape index (κ2) is 8.41. The van der Waals surface area contributed by atoms with Crippen LogP contribution in [0.3, 0.4) is 0 Å². The molecular formula is C22H24Cl2INO2. The zero-order valence-electron chi connectivity index (χ0n) is 16.4. The molecule has 0 heterocycles. The molecule has 0 saturated heterocycles. The lowest BCUT2D eigenvalue weighted by Crippen LogP contribution is -2.38. The minimum Gasteiger partial charge on any atom is -0.444 e. The molecule has 6 heteroatoms. The number of rotatable bonds is 2. The molecule has 1 aliphatic carbocycles. The van der Waals surface area contributed by atoms with Gasteiger partial charge >= 0.3 is 6.09 Å². The molecule has 3 nitrogen and oxygen atoms in total. The van der Waals surface area contributed by atoms with Crippen molar-refractivity contribution in [2.24, 2.45) is 0 Å². The molecule has 2 atom stereocenters. The smallest absolute Gasteiger partial charge is 0.410 e. The number of hydrogen-bond donors (Lipinski definition) is 0. The number of hydrogen-bond acceptors (Lipinski definition) is 2. The average molecular weight is 532 g/mol. The van der Waals surface area contributed by atoms with Crippen LogP contribution >= 0.6 is 45.8 Å². The standard InChI is InChI=1S/C22H24Cl2INO2/c1-22(2,3)28-21(27)26(4)20-10-8-15(13-5-9-18(23)19(24)11-13)17-12-14(25)6-7-16(17)20/h5-7,9,11-12,15,20H,8,10H2,1-4H3/t15?,20-/m0/s1. The molecule has 0 aromatic heterocycles. The Hall–Kier alpha value is -0.980. The first kappa shape index (κ1) is 21.7. The number of carbonyl (C=O) groups is 1.